The molecule has 1 aromatic rings. The highest BCUT2D eigenvalue weighted by atomic mass is 79.9. The van der Waals surface area contributed by atoms with Crippen LogP contribution in [-0.4, -0.2) is 15.0 Å². The maximum absolute atomic E-state index is 11.8. The zero-order valence-electron chi connectivity index (χ0n) is 8.33. The fourth-order valence-electron chi connectivity index (χ4n) is 1.75. The summed E-state index contributed by atoms with van der Waals surface area (Å²) in [6, 6.07) is 5.30. The molecule has 0 saturated heterocycles. The van der Waals surface area contributed by atoms with Crippen molar-refractivity contribution in [1.29, 1.82) is 0 Å². The van der Waals surface area contributed by atoms with Gasteiger partial charge in [-0.1, -0.05) is 22.9 Å². The van der Waals surface area contributed by atoms with Crippen molar-refractivity contribution in [2.45, 2.75) is 18.2 Å². The van der Waals surface area contributed by atoms with E-state index in [9.17, 15) is 8.42 Å². The third-order valence-corrected chi connectivity index (χ3v) is 4.52. The predicted molar refractivity (Wildman–Crippen MR) is 62.2 cm³/mol. The highest BCUT2D eigenvalue weighted by molar-refractivity contribution is 9.10. The molecule has 0 aromatic heterocycles. The topological polar surface area (TPSA) is 46.2 Å². The van der Waals surface area contributed by atoms with Crippen molar-refractivity contribution in [2.75, 3.05) is 6.54 Å². The number of hydrogen-bond acceptors (Lipinski definition) is 2. The molecule has 5 heteroatoms. The predicted octanol–water partition coefficient (Wildman–Crippen LogP) is 1.92. The Labute approximate surface area is 98.1 Å². The number of benzene rings is 1. The van der Waals surface area contributed by atoms with Gasteiger partial charge in [0.25, 0.3) is 0 Å². The molecule has 0 fully saturated rings. The molecule has 0 spiro atoms. The molecule has 82 valence electrons. The number of rotatable bonds is 0. The van der Waals surface area contributed by atoms with Gasteiger partial charge in [-0.05, 0) is 36.1 Å². The molecule has 1 N–H and O–H groups in total. The Morgan fingerprint density at radius 3 is 2.93 bits per heavy atom. The maximum Gasteiger partial charge on any atom is 0.240 e. The molecule has 0 amide bonds. The third-order valence-electron chi connectivity index (χ3n) is 2.50. The second-order valence-corrected chi connectivity index (χ2v) is 6.56. The van der Waals surface area contributed by atoms with Gasteiger partial charge >= 0.3 is 0 Å². The van der Waals surface area contributed by atoms with Crippen LogP contribution in [0.4, 0.5) is 0 Å². The van der Waals surface area contributed by atoms with Crippen molar-refractivity contribution in [3.63, 3.8) is 0 Å². The fraction of sp³-hybridized carbons (Fsp3) is 0.400. The van der Waals surface area contributed by atoms with E-state index in [-0.39, 0.29) is 0 Å². The summed E-state index contributed by atoms with van der Waals surface area (Å²) in [5.41, 5.74) is 0.891. The third kappa shape index (κ3) is 2.24. The number of sulfonamides is 1. The fourth-order valence-corrected chi connectivity index (χ4v) is 3.55. The molecular formula is C10H12BrNO2S. The van der Waals surface area contributed by atoms with Crippen LogP contribution in [0, 0.1) is 5.92 Å². The van der Waals surface area contributed by atoms with Gasteiger partial charge in [-0.3, -0.25) is 0 Å². The maximum atomic E-state index is 11.8. The number of fused-ring (bicyclic) bond motifs is 1. The zero-order chi connectivity index (χ0) is 11.1. The molecule has 15 heavy (non-hydrogen) atoms. The SMILES string of the molecule is C[C@H]1CNS(=O)(=O)c2ccc(Br)cc2C1. The lowest BCUT2D eigenvalue weighted by Crippen LogP contribution is -2.26. The molecule has 1 heterocycles. The van der Waals surface area contributed by atoms with Crippen molar-refractivity contribution < 1.29 is 8.42 Å². The van der Waals surface area contributed by atoms with E-state index >= 15 is 0 Å². The Morgan fingerprint density at radius 1 is 1.47 bits per heavy atom. The van der Waals surface area contributed by atoms with Crippen molar-refractivity contribution in [1.82, 2.24) is 4.72 Å². The summed E-state index contributed by atoms with van der Waals surface area (Å²) in [6.45, 7) is 2.55. The first-order chi connectivity index (χ1) is 6.99. The van der Waals surface area contributed by atoms with Gasteiger partial charge in [0.2, 0.25) is 10.0 Å². The molecular weight excluding hydrogens is 278 g/mol. The number of nitrogens with one attached hydrogen (secondary N) is 1. The zero-order valence-corrected chi connectivity index (χ0v) is 10.7. The standard InChI is InChI=1S/C10H12BrNO2S/c1-7-4-8-5-9(11)2-3-10(8)15(13,14)12-6-7/h2-3,5,7,12H,4,6H2,1H3/t7-/m1/s1. The molecule has 2 rings (SSSR count). The van der Waals surface area contributed by atoms with E-state index in [0.29, 0.717) is 17.4 Å². The van der Waals surface area contributed by atoms with E-state index in [4.69, 9.17) is 0 Å². The molecule has 0 unspecified atom stereocenters. The molecule has 0 radical (unpaired) electrons. The van der Waals surface area contributed by atoms with Crippen LogP contribution in [0.1, 0.15) is 12.5 Å². The van der Waals surface area contributed by atoms with Crippen LogP contribution in [0.2, 0.25) is 0 Å². The van der Waals surface area contributed by atoms with Crippen molar-refractivity contribution >= 4 is 26.0 Å². The largest absolute Gasteiger partial charge is 0.240 e. The molecule has 1 aliphatic heterocycles. The quantitative estimate of drug-likeness (QED) is 0.793. The van der Waals surface area contributed by atoms with Gasteiger partial charge in [0, 0.05) is 11.0 Å². The molecule has 1 aliphatic rings. The van der Waals surface area contributed by atoms with Gasteiger partial charge in [-0.2, -0.15) is 0 Å². The Balaban J connectivity index is 2.61. The first-order valence-corrected chi connectivity index (χ1v) is 7.05. The Hall–Kier alpha value is -0.390. The molecule has 0 saturated carbocycles. The van der Waals surface area contributed by atoms with E-state index in [0.717, 1.165) is 16.5 Å². The van der Waals surface area contributed by atoms with Crippen LogP contribution in [0.3, 0.4) is 0 Å². The average molecular weight is 290 g/mol. The van der Waals surface area contributed by atoms with Gasteiger partial charge in [0.1, 0.15) is 0 Å². The summed E-state index contributed by atoms with van der Waals surface area (Å²) in [7, 11) is -3.30. The van der Waals surface area contributed by atoms with Gasteiger partial charge in [-0.25, -0.2) is 13.1 Å². The van der Waals surface area contributed by atoms with E-state index < -0.39 is 10.0 Å². The second kappa shape index (κ2) is 3.88. The molecule has 3 nitrogen and oxygen atoms in total. The summed E-state index contributed by atoms with van der Waals surface area (Å²) in [6.07, 6.45) is 0.793. The summed E-state index contributed by atoms with van der Waals surface area (Å²) in [4.78, 5) is 0.412. The minimum absolute atomic E-state index is 0.329. The van der Waals surface area contributed by atoms with Crippen LogP contribution in [0.15, 0.2) is 27.6 Å². The van der Waals surface area contributed by atoms with Crippen molar-refractivity contribution in [3.8, 4) is 0 Å². The summed E-state index contributed by atoms with van der Waals surface area (Å²) in [5, 5.41) is 0. The average Bonchev–Trinajstić information content (AvgIpc) is 2.24. The number of hydrogen-bond donors (Lipinski definition) is 1. The first kappa shape index (κ1) is 11.1. The minimum Gasteiger partial charge on any atom is -0.211 e. The summed E-state index contributed by atoms with van der Waals surface area (Å²) >= 11 is 3.36. The van der Waals surface area contributed by atoms with E-state index in [1.165, 1.54) is 0 Å². The van der Waals surface area contributed by atoms with Crippen LogP contribution < -0.4 is 4.72 Å². The van der Waals surface area contributed by atoms with Crippen LogP contribution in [0.25, 0.3) is 0 Å². The van der Waals surface area contributed by atoms with Gasteiger partial charge in [0.05, 0.1) is 4.90 Å². The second-order valence-electron chi connectivity index (χ2n) is 3.91. The highest BCUT2D eigenvalue weighted by Crippen LogP contribution is 2.25. The van der Waals surface area contributed by atoms with Crippen molar-refractivity contribution in [2.24, 2.45) is 5.92 Å². The summed E-state index contributed by atoms with van der Waals surface area (Å²) in [5.74, 6) is 0.329. The van der Waals surface area contributed by atoms with Crippen LogP contribution in [0.5, 0.6) is 0 Å². The van der Waals surface area contributed by atoms with Crippen molar-refractivity contribution in [3.05, 3.63) is 28.2 Å². The Kier molecular flexibility index (Phi) is 2.87. The Bertz CT molecular complexity index is 484. The minimum atomic E-state index is -3.30. The first-order valence-electron chi connectivity index (χ1n) is 4.77. The van der Waals surface area contributed by atoms with Crippen LogP contribution >= 0.6 is 15.9 Å². The highest BCUT2D eigenvalue weighted by Gasteiger charge is 2.23. The Morgan fingerprint density at radius 2 is 2.20 bits per heavy atom. The van der Waals surface area contributed by atoms with Gasteiger partial charge < -0.3 is 0 Å². The lowest BCUT2D eigenvalue weighted by molar-refractivity contribution is 0.552. The lowest BCUT2D eigenvalue weighted by Gasteiger charge is -2.06. The normalized spacial score (nSPS) is 24.3. The number of halogens is 1. The monoisotopic (exact) mass is 289 g/mol. The van der Waals surface area contributed by atoms with Gasteiger partial charge in [0.15, 0.2) is 0 Å². The van der Waals surface area contributed by atoms with E-state index in [2.05, 4.69) is 20.7 Å². The summed E-state index contributed by atoms with van der Waals surface area (Å²) < 4.78 is 27.2. The smallest absolute Gasteiger partial charge is 0.211 e. The van der Waals surface area contributed by atoms with E-state index in [1.54, 1.807) is 12.1 Å². The van der Waals surface area contributed by atoms with Gasteiger partial charge in [-0.15, -0.1) is 0 Å². The van der Waals surface area contributed by atoms with Crippen LogP contribution in [-0.2, 0) is 16.4 Å². The molecule has 1 atom stereocenters. The molecule has 0 bridgehead atoms. The lowest BCUT2D eigenvalue weighted by atomic mass is 10.0. The van der Waals surface area contributed by atoms with E-state index in [1.807, 2.05) is 13.0 Å². The molecule has 1 aromatic carbocycles. The molecule has 0 aliphatic carbocycles.